The molecule has 11 nitrogen and oxygen atoms in total. The minimum absolute atomic E-state index is 0.0418. The molecular formula is C56H67N3O8. The van der Waals surface area contributed by atoms with Gasteiger partial charge in [0.25, 0.3) is 0 Å². The number of aryl methyl sites for hydroxylation is 1. The van der Waals surface area contributed by atoms with Crippen molar-refractivity contribution >= 4 is 17.7 Å². The van der Waals surface area contributed by atoms with Crippen LogP contribution in [0.3, 0.4) is 0 Å². The fraction of sp³-hybridized carbons (Fsp3) is 0.446. The fourth-order valence-corrected chi connectivity index (χ4v) is 11.4. The molecule has 2 aliphatic heterocycles. The SMILES string of the molecule is COc1c(OCCCO)c(CCc2cccc(-c3cc(C4(C)CCCC45CCCC5)[nH]c3N3CCNCC3)c2)c2c(c1OCCC(O)C=Cc1ccccc1)C(=O)CC(c1ccc(O)cc1)O2. The van der Waals surface area contributed by atoms with Gasteiger partial charge >= 0.3 is 0 Å². The molecule has 3 unspecified atom stereocenters. The Hall–Kier alpha value is -5.75. The van der Waals surface area contributed by atoms with Crippen LogP contribution >= 0.6 is 0 Å². The van der Waals surface area contributed by atoms with Gasteiger partial charge in [0.2, 0.25) is 5.75 Å². The van der Waals surface area contributed by atoms with Gasteiger partial charge < -0.3 is 49.5 Å². The lowest BCUT2D eigenvalue weighted by Crippen LogP contribution is -2.44. The number of methoxy groups -OCH3 is 1. The quantitative estimate of drug-likeness (QED) is 0.0539. The number of aromatic hydroxyl groups is 1. The maximum absolute atomic E-state index is 14.5. The van der Waals surface area contributed by atoms with Crippen molar-refractivity contribution in [1.29, 1.82) is 0 Å². The largest absolute Gasteiger partial charge is 0.508 e. The van der Waals surface area contributed by atoms with Crippen molar-refractivity contribution < 1.29 is 39.1 Å². The number of carbonyl (C=O) groups is 1. The Kier molecular flexibility index (Phi) is 14.3. The molecule has 354 valence electrons. The number of Topliss-reactive ketones (excluding diaryl/α,β-unsaturated/α-hetero) is 1. The molecular weight excluding hydrogens is 843 g/mol. The number of rotatable bonds is 18. The lowest BCUT2D eigenvalue weighted by molar-refractivity contribution is 0.0835. The second-order valence-corrected chi connectivity index (χ2v) is 19.2. The topological polar surface area (TPSA) is 146 Å². The van der Waals surface area contributed by atoms with Crippen LogP contribution in [-0.2, 0) is 18.3 Å². The summed E-state index contributed by atoms with van der Waals surface area (Å²) in [6.45, 7) is 6.50. The first-order valence-electron chi connectivity index (χ1n) is 24.5. The van der Waals surface area contributed by atoms with Gasteiger partial charge in [0.15, 0.2) is 17.3 Å². The number of anilines is 1. The molecule has 3 heterocycles. The van der Waals surface area contributed by atoms with Crippen LogP contribution in [0.25, 0.3) is 17.2 Å². The number of aromatic nitrogens is 1. The molecule has 1 spiro atoms. The van der Waals surface area contributed by atoms with Crippen molar-refractivity contribution in [1.82, 2.24) is 10.3 Å². The first-order valence-corrected chi connectivity index (χ1v) is 24.5. The molecule has 11 heteroatoms. The van der Waals surface area contributed by atoms with E-state index in [2.05, 4.69) is 52.5 Å². The maximum atomic E-state index is 14.5. The summed E-state index contributed by atoms with van der Waals surface area (Å²) >= 11 is 0. The van der Waals surface area contributed by atoms with Gasteiger partial charge in [-0.25, -0.2) is 0 Å². The molecule has 4 aliphatic rings. The standard InChI is InChI=1S/C56H67N3O8/c1-55(24-9-27-56(55)25-6-7-26-56)48-36-45(54(58-48)59-30-28-57-29-31-59)41-14-8-13-39(35-41)16-22-44-50-49(46(63)37-47(67-50)40-17-20-42(61)21-18-40)52(53(64-2)51(44)65-33-10-32-60)66-34-23-43(62)19-15-38-11-4-3-5-12-38/h3-5,8,11-15,17-21,35-36,43,47,57-58,60-62H,6-7,9-10,16,22-34,37H2,1-2H3. The Morgan fingerprint density at radius 3 is 2.40 bits per heavy atom. The van der Waals surface area contributed by atoms with E-state index in [-0.39, 0.29) is 66.7 Å². The van der Waals surface area contributed by atoms with E-state index in [0.717, 1.165) is 48.4 Å². The summed E-state index contributed by atoms with van der Waals surface area (Å²) in [5, 5.41) is 34.4. The van der Waals surface area contributed by atoms with Crippen LogP contribution in [0.4, 0.5) is 5.82 Å². The number of ether oxygens (including phenoxy) is 4. The number of hydrogen-bond acceptors (Lipinski definition) is 10. The van der Waals surface area contributed by atoms with Gasteiger partial charge in [-0.1, -0.05) is 105 Å². The molecule has 3 fully saturated rings. The first kappa shape index (κ1) is 46.4. The zero-order valence-electron chi connectivity index (χ0n) is 39.2. The van der Waals surface area contributed by atoms with Gasteiger partial charge in [-0.15, -0.1) is 0 Å². The van der Waals surface area contributed by atoms with E-state index in [0.29, 0.717) is 41.7 Å². The van der Waals surface area contributed by atoms with Crippen LogP contribution in [0.1, 0.15) is 116 Å². The molecule has 67 heavy (non-hydrogen) atoms. The third-order valence-corrected chi connectivity index (χ3v) is 15.1. The van der Waals surface area contributed by atoms with Crippen molar-refractivity contribution in [3.8, 4) is 39.9 Å². The number of phenolic OH excluding ortho intramolecular Hbond substituents is 1. The van der Waals surface area contributed by atoms with Gasteiger partial charge in [0, 0.05) is 67.9 Å². The van der Waals surface area contributed by atoms with Gasteiger partial charge in [0.05, 0.1) is 32.8 Å². The van der Waals surface area contributed by atoms with Crippen molar-refractivity contribution in [2.45, 2.75) is 102 Å². The van der Waals surface area contributed by atoms with E-state index < -0.39 is 12.2 Å². The zero-order chi connectivity index (χ0) is 46.4. The minimum Gasteiger partial charge on any atom is -0.508 e. The molecule has 2 saturated carbocycles. The molecule has 0 bridgehead atoms. The Morgan fingerprint density at radius 2 is 1.64 bits per heavy atom. The summed E-state index contributed by atoms with van der Waals surface area (Å²) < 4.78 is 25.9. The highest BCUT2D eigenvalue weighted by molar-refractivity contribution is 6.04. The molecule has 5 aromatic rings. The number of aliphatic hydroxyl groups is 2. The van der Waals surface area contributed by atoms with Gasteiger partial charge in [-0.05, 0) is 84.4 Å². The Bertz CT molecular complexity index is 2500. The number of H-pyrrole nitrogens is 1. The number of phenols is 1. The highest BCUT2D eigenvalue weighted by Crippen LogP contribution is 2.62. The highest BCUT2D eigenvalue weighted by Gasteiger charge is 2.54. The van der Waals surface area contributed by atoms with E-state index in [1.54, 1.807) is 30.3 Å². The third kappa shape index (κ3) is 9.69. The summed E-state index contributed by atoms with van der Waals surface area (Å²) in [7, 11) is 1.53. The number of piperazine rings is 1. The normalized spacial score (nSPS) is 20.6. The van der Waals surface area contributed by atoms with Crippen molar-refractivity contribution in [2.75, 3.05) is 58.0 Å². The van der Waals surface area contributed by atoms with Gasteiger partial charge in [-0.3, -0.25) is 4.79 Å². The lowest BCUT2D eigenvalue weighted by Gasteiger charge is -2.41. The van der Waals surface area contributed by atoms with Crippen LogP contribution in [0.15, 0.2) is 91.0 Å². The molecule has 9 rings (SSSR count). The summed E-state index contributed by atoms with van der Waals surface area (Å²) in [6, 6.07) is 27.8. The van der Waals surface area contributed by atoms with Crippen LogP contribution < -0.4 is 29.2 Å². The molecule has 1 aromatic heterocycles. The molecule has 0 amide bonds. The number of ketones is 1. The van der Waals surface area contributed by atoms with Crippen molar-refractivity contribution in [3.05, 3.63) is 125 Å². The van der Waals surface area contributed by atoms with Crippen LogP contribution in [-0.4, -0.2) is 85.3 Å². The number of aromatic amines is 1. The van der Waals surface area contributed by atoms with Crippen LogP contribution in [0.2, 0.25) is 0 Å². The molecule has 5 N–H and O–H groups in total. The average molecular weight is 910 g/mol. The minimum atomic E-state index is -0.802. The van der Waals surface area contributed by atoms with E-state index in [4.69, 9.17) is 18.9 Å². The number of carbonyl (C=O) groups excluding carboxylic acids is 1. The fourth-order valence-electron chi connectivity index (χ4n) is 11.4. The van der Waals surface area contributed by atoms with E-state index in [9.17, 15) is 20.1 Å². The lowest BCUT2D eigenvalue weighted by atomic mass is 9.64. The van der Waals surface area contributed by atoms with Crippen molar-refractivity contribution in [2.24, 2.45) is 5.41 Å². The van der Waals surface area contributed by atoms with Crippen LogP contribution in [0, 0.1) is 5.41 Å². The predicted molar refractivity (Wildman–Crippen MR) is 263 cm³/mol. The second kappa shape index (κ2) is 20.6. The monoisotopic (exact) mass is 909 g/mol. The van der Waals surface area contributed by atoms with Gasteiger partial charge in [-0.2, -0.15) is 0 Å². The molecule has 4 aromatic carbocycles. The maximum Gasteiger partial charge on any atom is 0.204 e. The average Bonchev–Trinajstić information content (AvgIpc) is 4.11. The van der Waals surface area contributed by atoms with E-state index in [1.165, 1.54) is 69.1 Å². The molecule has 3 atom stereocenters. The highest BCUT2D eigenvalue weighted by atomic mass is 16.5. The van der Waals surface area contributed by atoms with Crippen LogP contribution in [0.5, 0.6) is 28.7 Å². The molecule has 1 saturated heterocycles. The zero-order valence-corrected chi connectivity index (χ0v) is 39.2. The number of hydrogen-bond donors (Lipinski definition) is 5. The molecule has 0 radical (unpaired) electrons. The number of aliphatic hydroxyl groups excluding tert-OH is 2. The Balaban J connectivity index is 1.07. The Labute approximate surface area is 395 Å². The number of nitrogens with one attached hydrogen (secondary N) is 2. The van der Waals surface area contributed by atoms with E-state index >= 15 is 0 Å². The van der Waals surface area contributed by atoms with E-state index in [1.807, 2.05) is 36.4 Å². The number of fused-ring (bicyclic) bond motifs is 1. The second-order valence-electron chi connectivity index (χ2n) is 19.2. The summed E-state index contributed by atoms with van der Waals surface area (Å²) in [5.74, 6) is 2.39. The summed E-state index contributed by atoms with van der Waals surface area (Å²) in [4.78, 5) is 21.1. The predicted octanol–water partition coefficient (Wildman–Crippen LogP) is 9.90. The number of nitrogens with zero attached hydrogens (tertiary/aromatic N) is 1. The van der Waals surface area contributed by atoms with Crippen molar-refractivity contribution in [3.63, 3.8) is 0 Å². The summed E-state index contributed by atoms with van der Waals surface area (Å²) in [6.07, 6.45) is 12.9. The smallest absolute Gasteiger partial charge is 0.204 e. The molecule has 2 aliphatic carbocycles. The number of benzene rings is 4. The summed E-state index contributed by atoms with van der Waals surface area (Å²) in [5.41, 5.74) is 8.04. The third-order valence-electron chi connectivity index (χ3n) is 15.1. The van der Waals surface area contributed by atoms with Gasteiger partial charge in [0.1, 0.15) is 29.0 Å². The first-order chi connectivity index (χ1) is 32.7. The Morgan fingerprint density at radius 1 is 0.881 bits per heavy atom.